The minimum atomic E-state index is -1.58. The predicted molar refractivity (Wildman–Crippen MR) is 109 cm³/mol. The Bertz CT molecular complexity index is 762. The highest BCUT2D eigenvalue weighted by Gasteiger charge is 2.42. The summed E-state index contributed by atoms with van der Waals surface area (Å²) >= 11 is 0. The zero-order chi connectivity index (χ0) is 24.2. The lowest BCUT2D eigenvalue weighted by Gasteiger charge is -2.28. The van der Waals surface area contributed by atoms with Gasteiger partial charge < -0.3 is 41.5 Å². The van der Waals surface area contributed by atoms with E-state index >= 15 is 0 Å². The van der Waals surface area contributed by atoms with Gasteiger partial charge in [-0.2, -0.15) is 0 Å². The van der Waals surface area contributed by atoms with E-state index in [2.05, 4.69) is 5.32 Å². The second kappa shape index (κ2) is 10.6. The molecule has 0 aliphatic carbocycles. The number of rotatable bonds is 8. The molecule has 0 spiro atoms. The molecule has 2 rings (SSSR count). The Balaban J connectivity index is 1.96. The van der Waals surface area contributed by atoms with E-state index in [9.17, 15) is 34.2 Å². The van der Waals surface area contributed by atoms with E-state index in [1.807, 2.05) is 5.32 Å². The smallest absolute Gasteiger partial charge is 0.404 e. The molecule has 180 valence electrons. The number of carbonyl (C=O) groups excluding carboxylic acids is 4. The molecular weight excluding hydrogens is 426 g/mol. The number of primary amides is 1. The lowest BCUT2D eigenvalue weighted by molar-refractivity contribution is -0.143. The van der Waals surface area contributed by atoms with Gasteiger partial charge in [0.1, 0.15) is 6.04 Å². The third-order valence-electron chi connectivity index (χ3n) is 5.90. The van der Waals surface area contributed by atoms with E-state index in [4.69, 9.17) is 10.8 Å². The van der Waals surface area contributed by atoms with Gasteiger partial charge in [0.2, 0.25) is 17.7 Å². The normalized spacial score (nSPS) is 24.4. The Hall–Kier alpha value is -2.93. The monoisotopic (exact) mass is 457 g/mol. The zero-order valence-corrected chi connectivity index (χ0v) is 18.1. The summed E-state index contributed by atoms with van der Waals surface area (Å²) in [6, 6.07) is -2.70. The van der Waals surface area contributed by atoms with E-state index in [-0.39, 0.29) is 19.0 Å². The van der Waals surface area contributed by atoms with Gasteiger partial charge in [-0.1, -0.05) is 0 Å². The van der Waals surface area contributed by atoms with Crippen molar-refractivity contribution in [3.8, 4) is 0 Å². The Morgan fingerprint density at radius 2 is 1.59 bits per heavy atom. The summed E-state index contributed by atoms with van der Waals surface area (Å²) in [6.45, 7) is 3.42. The number of nitrogens with two attached hydrogens (primary N) is 1. The van der Waals surface area contributed by atoms with Gasteiger partial charge in [-0.25, -0.2) is 4.79 Å². The molecule has 0 saturated carbocycles. The van der Waals surface area contributed by atoms with Crippen molar-refractivity contribution in [2.75, 3.05) is 19.6 Å². The zero-order valence-electron chi connectivity index (χ0n) is 18.1. The van der Waals surface area contributed by atoms with Crippen molar-refractivity contribution >= 4 is 29.7 Å². The summed E-state index contributed by atoms with van der Waals surface area (Å²) in [5.41, 5.74) is 5.04. The van der Waals surface area contributed by atoms with Crippen LogP contribution in [0.5, 0.6) is 0 Å². The van der Waals surface area contributed by atoms with E-state index in [1.54, 1.807) is 0 Å². The second-order valence-corrected chi connectivity index (χ2v) is 8.29. The van der Waals surface area contributed by atoms with Crippen LogP contribution in [0.3, 0.4) is 0 Å². The molecule has 32 heavy (non-hydrogen) atoms. The molecule has 7 N–H and O–H groups in total. The first-order valence-corrected chi connectivity index (χ1v) is 10.5. The molecule has 2 heterocycles. The number of nitrogens with zero attached hydrogens (tertiary/aromatic N) is 2. The third kappa shape index (κ3) is 5.85. The number of likely N-dealkylation sites (tertiary alicyclic amines) is 2. The summed E-state index contributed by atoms with van der Waals surface area (Å²) < 4.78 is 0. The Kier molecular flexibility index (Phi) is 8.38. The quantitative estimate of drug-likeness (QED) is 0.224. The number of carbonyl (C=O) groups is 5. The molecule has 0 bridgehead atoms. The largest absolute Gasteiger partial charge is 0.465 e. The van der Waals surface area contributed by atoms with Gasteiger partial charge in [0.25, 0.3) is 5.91 Å². The minimum Gasteiger partial charge on any atom is -0.465 e. The van der Waals surface area contributed by atoms with Crippen LogP contribution in [-0.2, 0) is 19.2 Å². The lowest BCUT2D eigenvalue weighted by Crippen LogP contribution is -2.54. The van der Waals surface area contributed by atoms with Crippen LogP contribution in [0.1, 0.15) is 33.1 Å². The van der Waals surface area contributed by atoms with Crippen LogP contribution in [0.25, 0.3) is 0 Å². The average Bonchev–Trinajstić information content (AvgIpc) is 3.40. The number of carboxylic acid groups (broad SMARTS) is 1. The van der Waals surface area contributed by atoms with Crippen molar-refractivity contribution in [1.29, 1.82) is 0 Å². The molecular formula is C19H31N5O8. The van der Waals surface area contributed by atoms with Crippen LogP contribution in [-0.4, -0.2) is 105 Å². The number of hydrogen-bond acceptors (Lipinski definition) is 7. The number of amides is 5. The topological polar surface area (TPSA) is 203 Å². The van der Waals surface area contributed by atoms with Crippen molar-refractivity contribution in [1.82, 2.24) is 20.4 Å². The number of nitrogens with one attached hydrogen (secondary N) is 2. The molecule has 0 aromatic heterocycles. The SMILES string of the molecule is C[C@H](NC(=O)[C@@H]1CCCN1C(=O)[C@@H]1CCN(C(=O)[C@H](O)[C@H](C)NC(=O)O)C1)[C@@H](O)C(N)=O. The summed E-state index contributed by atoms with van der Waals surface area (Å²) in [4.78, 5) is 62.7. The van der Waals surface area contributed by atoms with Crippen LogP contribution in [0.15, 0.2) is 0 Å². The van der Waals surface area contributed by atoms with Crippen molar-refractivity contribution in [3.05, 3.63) is 0 Å². The maximum absolute atomic E-state index is 13.0. The highest BCUT2D eigenvalue weighted by molar-refractivity contribution is 5.91. The van der Waals surface area contributed by atoms with Gasteiger partial charge in [0.05, 0.1) is 18.0 Å². The molecule has 2 fully saturated rings. The Labute approximate surface area is 184 Å². The molecule has 0 aromatic carbocycles. The second-order valence-electron chi connectivity index (χ2n) is 8.29. The van der Waals surface area contributed by atoms with Crippen molar-refractivity contribution < 1.29 is 39.3 Å². The average molecular weight is 457 g/mol. The van der Waals surface area contributed by atoms with Crippen LogP contribution in [0.4, 0.5) is 4.79 Å². The first kappa shape index (κ1) is 25.3. The van der Waals surface area contributed by atoms with Gasteiger partial charge in [-0.05, 0) is 33.1 Å². The predicted octanol–water partition coefficient (Wildman–Crippen LogP) is -2.81. The number of aliphatic hydroxyl groups is 2. The summed E-state index contributed by atoms with van der Waals surface area (Å²) in [6.07, 6.45) is -3.13. The molecule has 0 unspecified atom stereocenters. The standard InChI is InChI=1S/C19H31N5O8/c1-9(13(25)15(20)27)21-16(28)12-4-3-6-24(12)17(29)11-5-7-23(8-11)18(30)14(26)10(2)22-19(31)32/h9-14,22,25-26H,3-8H2,1-2H3,(H2,20,27)(H,21,28)(H,31,32)/t9-,10-,11+,12-,13+,14+/m0/s1. The van der Waals surface area contributed by atoms with Crippen LogP contribution in [0, 0.1) is 5.92 Å². The molecule has 2 aliphatic rings. The number of aliphatic hydroxyl groups excluding tert-OH is 2. The molecule has 0 radical (unpaired) electrons. The maximum Gasteiger partial charge on any atom is 0.404 e. The molecule has 13 heteroatoms. The highest BCUT2D eigenvalue weighted by atomic mass is 16.4. The summed E-state index contributed by atoms with van der Waals surface area (Å²) in [7, 11) is 0. The molecule has 13 nitrogen and oxygen atoms in total. The fourth-order valence-corrected chi connectivity index (χ4v) is 4.02. The third-order valence-corrected chi connectivity index (χ3v) is 5.90. The van der Waals surface area contributed by atoms with E-state index < -0.39 is 60.1 Å². The first-order valence-electron chi connectivity index (χ1n) is 10.5. The maximum atomic E-state index is 13.0. The highest BCUT2D eigenvalue weighted by Crippen LogP contribution is 2.25. The fourth-order valence-electron chi connectivity index (χ4n) is 4.02. The molecule has 5 amide bonds. The van der Waals surface area contributed by atoms with Gasteiger partial charge in [-0.3, -0.25) is 19.2 Å². The van der Waals surface area contributed by atoms with Crippen LogP contribution in [0.2, 0.25) is 0 Å². The molecule has 2 aliphatic heterocycles. The lowest BCUT2D eigenvalue weighted by atomic mass is 10.1. The van der Waals surface area contributed by atoms with Crippen molar-refractivity contribution in [2.24, 2.45) is 11.7 Å². The number of hydrogen-bond donors (Lipinski definition) is 6. The van der Waals surface area contributed by atoms with E-state index in [0.717, 1.165) is 0 Å². The summed E-state index contributed by atoms with van der Waals surface area (Å²) in [5.74, 6) is -3.00. The Morgan fingerprint density at radius 1 is 0.969 bits per heavy atom. The minimum absolute atomic E-state index is 0.0517. The molecule has 6 atom stereocenters. The van der Waals surface area contributed by atoms with Gasteiger partial charge in [0, 0.05) is 19.6 Å². The van der Waals surface area contributed by atoms with Crippen molar-refractivity contribution in [3.63, 3.8) is 0 Å². The van der Waals surface area contributed by atoms with Crippen LogP contribution < -0.4 is 16.4 Å². The van der Waals surface area contributed by atoms with E-state index in [1.165, 1.54) is 23.6 Å². The fraction of sp³-hybridized carbons (Fsp3) is 0.737. The Morgan fingerprint density at radius 3 is 2.19 bits per heavy atom. The van der Waals surface area contributed by atoms with Crippen LogP contribution >= 0.6 is 0 Å². The van der Waals surface area contributed by atoms with Crippen molar-refractivity contribution in [2.45, 2.75) is 63.4 Å². The van der Waals surface area contributed by atoms with E-state index in [0.29, 0.717) is 25.8 Å². The van der Waals surface area contributed by atoms with Gasteiger partial charge in [-0.15, -0.1) is 0 Å². The van der Waals surface area contributed by atoms with Gasteiger partial charge >= 0.3 is 6.09 Å². The van der Waals surface area contributed by atoms with Gasteiger partial charge in [0.15, 0.2) is 12.2 Å². The molecule has 0 aromatic rings. The first-order chi connectivity index (χ1) is 14.9. The summed E-state index contributed by atoms with van der Waals surface area (Å²) in [5, 5.41) is 33.0. The molecule has 2 saturated heterocycles.